The minimum Gasteiger partial charge on any atom is -0.396 e. The van der Waals surface area contributed by atoms with Crippen LogP contribution in [0.15, 0.2) is 42.5 Å². The highest BCUT2D eigenvalue weighted by Crippen LogP contribution is 2.31. The van der Waals surface area contributed by atoms with Gasteiger partial charge in [-0.15, -0.1) is 0 Å². The second-order valence-corrected chi connectivity index (χ2v) is 7.40. The van der Waals surface area contributed by atoms with E-state index in [9.17, 15) is 14.7 Å². The molecule has 2 aliphatic rings. The van der Waals surface area contributed by atoms with Gasteiger partial charge in [0.05, 0.1) is 5.41 Å². The van der Waals surface area contributed by atoms with Crippen LogP contribution in [-0.4, -0.2) is 47.6 Å². The average Bonchev–Trinajstić information content (AvgIpc) is 3.09. The molecule has 3 rings (SSSR count). The molecule has 0 spiro atoms. The topological polar surface area (TPSA) is 69.6 Å². The first kappa shape index (κ1) is 17.7. The number of carbonyl (C=O) groups excluding carboxylic acids is 2. The summed E-state index contributed by atoms with van der Waals surface area (Å²) in [5.41, 5.74) is 0.0880. The van der Waals surface area contributed by atoms with Gasteiger partial charge in [0, 0.05) is 37.2 Å². The van der Waals surface area contributed by atoms with Gasteiger partial charge in [0.25, 0.3) is 5.91 Å². The highest BCUT2D eigenvalue weighted by atomic mass is 16.3. The first-order valence-electron chi connectivity index (χ1n) is 8.96. The van der Waals surface area contributed by atoms with E-state index in [0.717, 1.165) is 19.3 Å². The predicted octanol–water partition coefficient (Wildman–Crippen LogP) is 1.98. The monoisotopic (exact) mass is 342 g/mol. The van der Waals surface area contributed by atoms with E-state index >= 15 is 0 Å². The number of hydrogen-bond acceptors (Lipinski definition) is 3. The molecule has 1 aromatic rings. The van der Waals surface area contributed by atoms with Crippen LogP contribution in [0.1, 0.15) is 36.5 Å². The summed E-state index contributed by atoms with van der Waals surface area (Å²) in [6.45, 7) is 3.17. The SMILES string of the molecule is CC1(C(=O)N[C@@H]2C=C[C@H](CO)C2)CCCN(C(=O)c2ccccc2)C1. The van der Waals surface area contributed by atoms with Gasteiger partial charge in [-0.3, -0.25) is 9.59 Å². The Labute approximate surface area is 148 Å². The van der Waals surface area contributed by atoms with Crippen LogP contribution in [-0.2, 0) is 4.79 Å². The Balaban J connectivity index is 1.64. The van der Waals surface area contributed by atoms with Crippen molar-refractivity contribution in [2.75, 3.05) is 19.7 Å². The van der Waals surface area contributed by atoms with E-state index in [1.54, 1.807) is 4.90 Å². The molecule has 0 saturated carbocycles. The number of aliphatic hydroxyl groups is 1. The lowest BCUT2D eigenvalue weighted by atomic mass is 9.80. The Morgan fingerprint density at radius 1 is 1.28 bits per heavy atom. The minimum absolute atomic E-state index is 0.00805. The number of aliphatic hydroxyl groups excluding tert-OH is 1. The normalized spacial score (nSPS) is 28.8. The van der Waals surface area contributed by atoms with Crippen molar-refractivity contribution in [3.05, 3.63) is 48.0 Å². The van der Waals surface area contributed by atoms with Crippen molar-refractivity contribution in [3.8, 4) is 0 Å². The van der Waals surface area contributed by atoms with Crippen LogP contribution in [0.3, 0.4) is 0 Å². The van der Waals surface area contributed by atoms with Crippen molar-refractivity contribution in [1.29, 1.82) is 0 Å². The molecule has 5 nitrogen and oxygen atoms in total. The number of piperidine rings is 1. The third-order valence-corrected chi connectivity index (χ3v) is 5.28. The van der Waals surface area contributed by atoms with E-state index < -0.39 is 5.41 Å². The molecule has 1 aliphatic carbocycles. The standard InChI is InChI=1S/C20H26N2O3/c1-20(19(25)21-17-9-8-15(12-17)13-23)10-5-11-22(14-20)18(24)16-6-3-2-4-7-16/h2-4,6-9,15,17,23H,5,10-14H2,1H3,(H,21,25)/t15-,17+,20?/m0/s1. The van der Waals surface area contributed by atoms with Gasteiger partial charge >= 0.3 is 0 Å². The van der Waals surface area contributed by atoms with E-state index in [4.69, 9.17) is 0 Å². The maximum Gasteiger partial charge on any atom is 0.253 e. The third kappa shape index (κ3) is 3.93. The summed E-state index contributed by atoms with van der Waals surface area (Å²) < 4.78 is 0. The lowest BCUT2D eigenvalue weighted by molar-refractivity contribution is -0.133. The van der Waals surface area contributed by atoms with Crippen molar-refractivity contribution in [2.45, 2.75) is 32.2 Å². The fraction of sp³-hybridized carbons (Fsp3) is 0.500. The third-order valence-electron chi connectivity index (χ3n) is 5.28. The Morgan fingerprint density at radius 2 is 2.04 bits per heavy atom. The Kier molecular flexibility index (Phi) is 5.23. The smallest absolute Gasteiger partial charge is 0.253 e. The van der Waals surface area contributed by atoms with Gasteiger partial charge in [-0.25, -0.2) is 0 Å². The van der Waals surface area contributed by atoms with Crippen LogP contribution in [0.2, 0.25) is 0 Å². The molecule has 1 fully saturated rings. The zero-order valence-corrected chi connectivity index (χ0v) is 14.6. The molecule has 0 radical (unpaired) electrons. The summed E-state index contributed by atoms with van der Waals surface area (Å²) in [5, 5.41) is 12.3. The molecule has 3 atom stereocenters. The number of amides is 2. The number of hydrogen-bond donors (Lipinski definition) is 2. The van der Waals surface area contributed by atoms with Gasteiger partial charge in [0.1, 0.15) is 0 Å². The summed E-state index contributed by atoms with van der Waals surface area (Å²) in [6, 6.07) is 9.19. The number of benzene rings is 1. The minimum atomic E-state index is -0.576. The van der Waals surface area contributed by atoms with Crippen molar-refractivity contribution in [3.63, 3.8) is 0 Å². The summed E-state index contributed by atoms with van der Waals surface area (Å²) in [4.78, 5) is 27.3. The summed E-state index contributed by atoms with van der Waals surface area (Å²) in [7, 11) is 0. The molecule has 2 N–H and O–H groups in total. The molecule has 134 valence electrons. The molecule has 0 bridgehead atoms. The molecule has 25 heavy (non-hydrogen) atoms. The Morgan fingerprint density at radius 3 is 2.72 bits per heavy atom. The van der Waals surface area contributed by atoms with Crippen LogP contribution < -0.4 is 5.32 Å². The van der Waals surface area contributed by atoms with Crippen LogP contribution in [0.4, 0.5) is 0 Å². The van der Waals surface area contributed by atoms with Crippen molar-refractivity contribution >= 4 is 11.8 Å². The lowest BCUT2D eigenvalue weighted by Crippen LogP contribution is -2.53. The van der Waals surface area contributed by atoms with Crippen LogP contribution in [0.25, 0.3) is 0 Å². The first-order valence-corrected chi connectivity index (χ1v) is 8.96. The second kappa shape index (κ2) is 7.40. The predicted molar refractivity (Wildman–Crippen MR) is 96.0 cm³/mol. The van der Waals surface area contributed by atoms with E-state index in [-0.39, 0.29) is 30.4 Å². The molecular formula is C20H26N2O3. The van der Waals surface area contributed by atoms with E-state index in [1.165, 1.54) is 0 Å². The molecular weight excluding hydrogens is 316 g/mol. The molecule has 0 aromatic heterocycles. The van der Waals surface area contributed by atoms with E-state index in [2.05, 4.69) is 5.32 Å². The maximum atomic E-state index is 12.8. The molecule has 1 saturated heterocycles. The number of nitrogens with one attached hydrogen (secondary N) is 1. The first-order chi connectivity index (χ1) is 12.0. The van der Waals surface area contributed by atoms with E-state index in [1.807, 2.05) is 49.4 Å². The molecule has 1 aliphatic heterocycles. The van der Waals surface area contributed by atoms with Gasteiger partial charge in [-0.1, -0.05) is 30.4 Å². The number of nitrogens with zero attached hydrogens (tertiary/aromatic N) is 1. The quantitative estimate of drug-likeness (QED) is 0.822. The molecule has 5 heteroatoms. The fourth-order valence-electron chi connectivity index (χ4n) is 3.72. The highest BCUT2D eigenvalue weighted by Gasteiger charge is 2.40. The van der Waals surface area contributed by atoms with Crippen molar-refractivity contribution < 1.29 is 14.7 Å². The summed E-state index contributed by atoms with van der Waals surface area (Å²) in [5.74, 6) is 0.104. The van der Waals surface area contributed by atoms with E-state index in [0.29, 0.717) is 18.7 Å². The molecule has 2 amide bonds. The number of likely N-dealkylation sites (tertiary alicyclic amines) is 1. The molecule has 1 aromatic carbocycles. The van der Waals surface area contributed by atoms with Crippen molar-refractivity contribution in [1.82, 2.24) is 10.2 Å². The van der Waals surface area contributed by atoms with Crippen LogP contribution in [0.5, 0.6) is 0 Å². The maximum absolute atomic E-state index is 12.8. The van der Waals surface area contributed by atoms with Gasteiger partial charge in [0.15, 0.2) is 0 Å². The number of rotatable bonds is 4. The lowest BCUT2D eigenvalue weighted by Gasteiger charge is -2.39. The van der Waals surface area contributed by atoms with Gasteiger partial charge in [-0.05, 0) is 38.3 Å². The summed E-state index contributed by atoms with van der Waals surface area (Å²) >= 11 is 0. The summed E-state index contributed by atoms with van der Waals surface area (Å²) in [6.07, 6.45) is 6.25. The zero-order valence-electron chi connectivity index (χ0n) is 14.6. The Hall–Kier alpha value is -2.14. The number of carbonyl (C=O) groups is 2. The molecule has 1 heterocycles. The highest BCUT2D eigenvalue weighted by molar-refractivity contribution is 5.95. The van der Waals surface area contributed by atoms with Crippen LogP contribution in [0, 0.1) is 11.3 Å². The average molecular weight is 342 g/mol. The Bertz CT molecular complexity index is 658. The van der Waals surface area contributed by atoms with Gasteiger partial charge in [0.2, 0.25) is 5.91 Å². The van der Waals surface area contributed by atoms with Gasteiger partial charge < -0.3 is 15.3 Å². The zero-order chi connectivity index (χ0) is 17.9. The van der Waals surface area contributed by atoms with Crippen LogP contribution >= 0.6 is 0 Å². The largest absolute Gasteiger partial charge is 0.396 e. The van der Waals surface area contributed by atoms with Crippen molar-refractivity contribution in [2.24, 2.45) is 11.3 Å². The van der Waals surface area contributed by atoms with Gasteiger partial charge in [-0.2, -0.15) is 0 Å². The molecule has 1 unspecified atom stereocenters. The second-order valence-electron chi connectivity index (χ2n) is 7.40. The fourth-order valence-corrected chi connectivity index (χ4v) is 3.72.